The summed E-state index contributed by atoms with van der Waals surface area (Å²) in [4.78, 5) is 24.5. The van der Waals surface area contributed by atoms with Crippen molar-refractivity contribution in [1.82, 2.24) is 10.6 Å². The highest BCUT2D eigenvalue weighted by molar-refractivity contribution is 5.80. The van der Waals surface area contributed by atoms with Crippen molar-refractivity contribution in [2.24, 2.45) is 5.92 Å². The van der Waals surface area contributed by atoms with Gasteiger partial charge in [0.05, 0.1) is 18.6 Å². The lowest BCUT2D eigenvalue weighted by molar-refractivity contribution is -0.148. The van der Waals surface area contributed by atoms with E-state index in [4.69, 9.17) is 4.74 Å². The molecule has 1 aromatic carbocycles. The molecule has 2 N–H and O–H groups in total. The summed E-state index contributed by atoms with van der Waals surface area (Å²) >= 11 is 0. The molecule has 1 atom stereocenters. The highest BCUT2D eigenvalue weighted by Gasteiger charge is 2.25. The standard InChI is InChI=1S/C18H26N2O3/c1-13(2)23-17(21)12-16(14-6-4-3-5-7-14)20-18(22)15-8-10-19-11-9-15/h3-7,13,15-16,19H,8-12H2,1-2H3,(H,20,22). The van der Waals surface area contributed by atoms with Crippen molar-refractivity contribution in [3.63, 3.8) is 0 Å². The Morgan fingerprint density at radius 1 is 1.22 bits per heavy atom. The average molecular weight is 318 g/mol. The van der Waals surface area contributed by atoms with Crippen molar-refractivity contribution in [3.05, 3.63) is 35.9 Å². The normalized spacial score (nSPS) is 16.8. The fourth-order valence-corrected chi connectivity index (χ4v) is 2.79. The van der Waals surface area contributed by atoms with Gasteiger partial charge in [0.15, 0.2) is 0 Å². The average Bonchev–Trinajstić information content (AvgIpc) is 2.55. The molecule has 1 saturated heterocycles. The number of carbonyl (C=O) groups is 2. The fourth-order valence-electron chi connectivity index (χ4n) is 2.79. The van der Waals surface area contributed by atoms with E-state index in [-0.39, 0.29) is 36.4 Å². The quantitative estimate of drug-likeness (QED) is 0.789. The van der Waals surface area contributed by atoms with Gasteiger partial charge in [0.1, 0.15) is 0 Å². The van der Waals surface area contributed by atoms with Crippen LogP contribution in [0.4, 0.5) is 0 Å². The first kappa shape index (κ1) is 17.5. The Kier molecular flexibility index (Phi) is 6.59. The number of rotatable bonds is 6. The first-order valence-electron chi connectivity index (χ1n) is 8.31. The molecular formula is C18H26N2O3. The zero-order chi connectivity index (χ0) is 16.7. The van der Waals surface area contributed by atoms with Gasteiger partial charge in [-0.15, -0.1) is 0 Å². The van der Waals surface area contributed by atoms with Crippen LogP contribution < -0.4 is 10.6 Å². The van der Waals surface area contributed by atoms with Crippen molar-refractivity contribution >= 4 is 11.9 Å². The highest BCUT2D eigenvalue weighted by atomic mass is 16.5. The summed E-state index contributed by atoms with van der Waals surface area (Å²) in [5.74, 6) is -0.249. The van der Waals surface area contributed by atoms with Gasteiger partial charge in [-0.2, -0.15) is 0 Å². The Balaban J connectivity index is 2.03. The number of piperidine rings is 1. The van der Waals surface area contributed by atoms with E-state index in [1.165, 1.54) is 0 Å². The number of benzene rings is 1. The maximum Gasteiger partial charge on any atom is 0.308 e. The third kappa shape index (κ3) is 5.67. The fraction of sp³-hybridized carbons (Fsp3) is 0.556. The number of carbonyl (C=O) groups excluding carboxylic acids is 2. The SMILES string of the molecule is CC(C)OC(=O)CC(NC(=O)C1CCNCC1)c1ccccc1. The molecular weight excluding hydrogens is 292 g/mol. The van der Waals surface area contributed by atoms with Crippen LogP contribution >= 0.6 is 0 Å². The minimum atomic E-state index is -0.343. The lowest BCUT2D eigenvalue weighted by Crippen LogP contribution is -2.40. The number of ether oxygens (including phenoxy) is 1. The second-order valence-corrected chi connectivity index (χ2v) is 6.24. The van der Waals surface area contributed by atoms with Gasteiger partial charge in [-0.3, -0.25) is 9.59 Å². The lowest BCUT2D eigenvalue weighted by atomic mass is 9.95. The molecule has 1 aromatic rings. The van der Waals surface area contributed by atoms with E-state index < -0.39 is 0 Å². The highest BCUT2D eigenvalue weighted by Crippen LogP contribution is 2.20. The smallest absolute Gasteiger partial charge is 0.308 e. The largest absolute Gasteiger partial charge is 0.463 e. The van der Waals surface area contributed by atoms with Gasteiger partial charge in [0, 0.05) is 5.92 Å². The van der Waals surface area contributed by atoms with Gasteiger partial charge in [0.2, 0.25) is 5.91 Å². The van der Waals surface area contributed by atoms with Gasteiger partial charge in [0.25, 0.3) is 0 Å². The first-order valence-corrected chi connectivity index (χ1v) is 8.31. The molecule has 1 aliphatic rings. The van der Waals surface area contributed by atoms with Gasteiger partial charge in [-0.25, -0.2) is 0 Å². The molecule has 1 heterocycles. The Morgan fingerprint density at radius 2 is 1.87 bits per heavy atom. The molecule has 0 radical (unpaired) electrons. The molecule has 0 spiro atoms. The molecule has 0 bridgehead atoms. The summed E-state index contributed by atoms with van der Waals surface area (Å²) in [6.07, 6.45) is 1.67. The van der Waals surface area contributed by atoms with Crippen molar-refractivity contribution in [3.8, 4) is 0 Å². The summed E-state index contributed by atoms with van der Waals surface area (Å²) in [5.41, 5.74) is 0.926. The van der Waals surface area contributed by atoms with E-state index >= 15 is 0 Å². The van der Waals surface area contributed by atoms with E-state index in [1.54, 1.807) is 0 Å². The molecule has 0 aromatic heterocycles. The number of amides is 1. The van der Waals surface area contributed by atoms with Crippen LogP contribution in [0.25, 0.3) is 0 Å². The third-order valence-electron chi connectivity index (χ3n) is 3.97. The van der Waals surface area contributed by atoms with E-state index in [0.717, 1.165) is 31.5 Å². The predicted octanol–water partition coefficient (Wildman–Crippen LogP) is 2.19. The summed E-state index contributed by atoms with van der Waals surface area (Å²) < 4.78 is 5.23. The van der Waals surface area contributed by atoms with Crippen molar-refractivity contribution in [2.45, 2.75) is 45.3 Å². The zero-order valence-electron chi connectivity index (χ0n) is 13.9. The van der Waals surface area contributed by atoms with E-state index in [0.29, 0.717) is 0 Å². The van der Waals surface area contributed by atoms with Gasteiger partial charge < -0.3 is 15.4 Å². The van der Waals surface area contributed by atoms with Crippen LogP contribution in [0, 0.1) is 5.92 Å². The van der Waals surface area contributed by atoms with Crippen molar-refractivity contribution in [1.29, 1.82) is 0 Å². The topological polar surface area (TPSA) is 67.4 Å². The van der Waals surface area contributed by atoms with Crippen LogP contribution in [0.2, 0.25) is 0 Å². The summed E-state index contributed by atoms with van der Waals surface area (Å²) in [6.45, 7) is 5.37. The van der Waals surface area contributed by atoms with Crippen LogP contribution in [-0.2, 0) is 14.3 Å². The molecule has 1 amide bonds. The van der Waals surface area contributed by atoms with Crippen molar-refractivity contribution in [2.75, 3.05) is 13.1 Å². The Labute approximate surface area is 137 Å². The third-order valence-corrected chi connectivity index (χ3v) is 3.97. The molecule has 1 aliphatic heterocycles. The molecule has 1 unspecified atom stereocenters. The Morgan fingerprint density at radius 3 is 2.48 bits per heavy atom. The van der Waals surface area contributed by atoms with Gasteiger partial charge in [-0.1, -0.05) is 30.3 Å². The minimum Gasteiger partial charge on any atom is -0.463 e. The lowest BCUT2D eigenvalue weighted by Gasteiger charge is -2.25. The molecule has 126 valence electrons. The molecule has 0 aliphatic carbocycles. The van der Waals surface area contributed by atoms with Gasteiger partial charge >= 0.3 is 5.97 Å². The summed E-state index contributed by atoms with van der Waals surface area (Å²) in [6, 6.07) is 9.25. The second-order valence-electron chi connectivity index (χ2n) is 6.24. The Bertz CT molecular complexity index is 510. The van der Waals surface area contributed by atoms with Crippen LogP contribution in [0.15, 0.2) is 30.3 Å². The number of nitrogens with one attached hydrogen (secondary N) is 2. The summed E-state index contributed by atoms with van der Waals surface area (Å²) in [7, 11) is 0. The molecule has 5 nitrogen and oxygen atoms in total. The Hall–Kier alpha value is -1.88. The number of hydrogen-bond acceptors (Lipinski definition) is 4. The number of esters is 1. The molecule has 0 saturated carbocycles. The van der Waals surface area contributed by atoms with Crippen LogP contribution in [0.1, 0.15) is 44.7 Å². The maximum atomic E-state index is 12.5. The van der Waals surface area contributed by atoms with E-state index in [9.17, 15) is 9.59 Å². The molecule has 1 fully saturated rings. The summed E-state index contributed by atoms with van der Waals surface area (Å²) in [5, 5.41) is 6.29. The second kappa shape index (κ2) is 8.67. The molecule has 2 rings (SSSR count). The minimum absolute atomic E-state index is 0.0172. The monoisotopic (exact) mass is 318 g/mol. The first-order chi connectivity index (χ1) is 11.1. The van der Waals surface area contributed by atoms with E-state index in [2.05, 4.69) is 10.6 Å². The molecule has 23 heavy (non-hydrogen) atoms. The maximum absolute atomic E-state index is 12.5. The molecule has 5 heteroatoms. The van der Waals surface area contributed by atoms with E-state index in [1.807, 2.05) is 44.2 Å². The van der Waals surface area contributed by atoms with Crippen LogP contribution in [-0.4, -0.2) is 31.1 Å². The van der Waals surface area contributed by atoms with Crippen molar-refractivity contribution < 1.29 is 14.3 Å². The zero-order valence-corrected chi connectivity index (χ0v) is 13.9. The predicted molar refractivity (Wildman–Crippen MR) is 88.8 cm³/mol. The number of hydrogen-bond donors (Lipinski definition) is 2. The van der Waals surface area contributed by atoms with Gasteiger partial charge in [-0.05, 0) is 45.3 Å². The van der Waals surface area contributed by atoms with Crippen LogP contribution in [0.3, 0.4) is 0 Å². The van der Waals surface area contributed by atoms with Crippen LogP contribution in [0.5, 0.6) is 0 Å².